The number of ether oxygens (including phenoxy) is 1. The minimum Gasteiger partial charge on any atom is -0.383 e. The van der Waals surface area contributed by atoms with Crippen molar-refractivity contribution < 1.29 is 17.9 Å². The Balaban J connectivity index is 1.67. The third-order valence-corrected chi connectivity index (χ3v) is 6.56. The Morgan fingerprint density at radius 1 is 1.12 bits per heavy atom. The van der Waals surface area contributed by atoms with E-state index in [-0.39, 0.29) is 23.5 Å². The summed E-state index contributed by atoms with van der Waals surface area (Å²) in [4.78, 5) is 12.5. The van der Waals surface area contributed by atoms with Gasteiger partial charge in [0.2, 0.25) is 15.9 Å². The third kappa shape index (κ3) is 6.16. The summed E-state index contributed by atoms with van der Waals surface area (Å²) in [5.74, 6) is -0.330. The number of hydrogen-bond donors (Lipinski definition) is 2. The highest BCUT2D eigenvalue weighted by atomic mass is 32.2. The van der Waals surface area contributed by atoms with Crippen LogP contribution in [0, 0.1) is 13.8 Å². The number of rotatable bonds is 9. The fraction of sp³-hybridized carbons (Fsp3) is 0.250. The van der Waals surface area contributed by atoms with Gasteiger partial charge in [0.1, 0.15) is 0 Å². The van der Waals surface area contributed by atoms with Crippen LogP contribution in [-0.2, 0) is 19.6 Å². The van der Waals surface area contributed by atoms with Gasteiger partial charge in [0, 0.05) is 36.2 Å². The molecule has 2 N–H and O–H groups in total. The molecule has 1 aromatic heterocycles. The van der Waals surface area contributed by atoms with Crippen molar-refractivity contribution in [3.05, 3.63) is 77.6 Å². The van der Waals surface area contributed by atoms with Crippen molar-refractivity contribution in [2.75, 3.05) is 19.0 Å². The number of carbonyl (C=O) groups excluding carboxylic acids is 1. The number of aryl methyl sites for hydroxylation is 1. The lowest BCUT2D eigenvalue weighted by Gasteiger charge is -2.13. The van der Waals surface area contributed by atoms with Crippen LogP contribution in [0.15, 0.2) is 65.6 Å². The van der Waals surface area contributed by atoms with E-state index >= 15 is 0 Å². The minimum absolute atomic E-state index is 0.110. The maximum Gasteiger partial charge on any atom is 0.248 e. The number of methoxy groups -OCH3 is 1. The largest absolute Gasteiger partial charge is 0.383 e. The number of carbonyl (C=O) groups is 1. The Bertz CT molecular complexity index is 1230. The Morgan fingerprint density at radius 2 is 1.79 bits per heavy atom. The predicted molar refractivity (Wildman–Crippen MR) is 129 cm³/mol. The molecule has 1 amide bonds. The quantitative estimate of drug-likeness (QED) is 0.468. The fourth-order valence-corrected chi connectivity index (χ4v) is 4.62. The van der Waals surface area contributed by atoms with Gasteiger partial charge in [0.15, 0.2) is 0 Å². The molecule has 0 bridgehead atoms. The molecule has 0 saturated carbocycles. The van der Waals surface area contributed by atoms with Crippen LogP contribution in [0.2, 0.25) is 0 Å². The van der Waals surface area contributed by atoms with E-state index in [0.717, 1.165) is 22.6 Å². The topological polar surface area (TPSA) is 102 Å². The predicted octanol–water partition coefficient (Wildman–Crippen LogP) is 3.45. The van der Waals surface area contributed by atoms with Gasteiger partial charge in [-0.1, -0.05) is 18.2 Å². The molecule has 1 unspecified atom stereocenters. The highest BCUT2D eigenvalue weighted by molar-refractivity contribution is 7.89. The highest BCUT2D eigenvalue weighted by Gasteiger charge is 2.17. The van der Waals surface area contributed by atoms with E-state index < -0.39 is 10.0 Å². The van der Waals surface area contributed by atoms with Gasteiger partial charge in [-0.25, -0.2) is 17.8 Å². The van der Waals surface area contributed by atoms with E-state index in [0.29, 0.717) is 5.69 Å². The molecule has 0 aliphatic carbocycles. The van der Waals surface area contributed by atoms with Crippen LogP contribution in [0.25, 0.3) is 11.8 Å². The summed E-state index contributed by atoms with van der Waals surface area (Å²) in [5, 5.41) is 7.31. The summed E-state index contributed by atoms with van der Waals surface area (Å²) in [6, 6.07) is 15.4. The normalized spacial score (nSPS) is 12.7. The van der Waals surface area contributed by atoms with Gasteiger partial charge in [-0.15, -0.1) is 0 Å². The molecular formula is C24H28N4O4S. The van der Waals surface area contributed by atoms with Crippen molar-refractivity contribution in [1.29, 1.82) is 0 Å². The van der Waals surface area contributed by atoms with Crippen LogP contribution >= 0.6 is 0 Å². The second-order valence-corrected chi connectivity index (χ2v) is 9.37. The molecule has 0 aliphatic rings. The summed E-state index contributed by atoms with van der Waals surface area (Å²) in [5.41, 5.74) is 4.04. The highest BCUT2D eigenvalue weighted by Crippen LogP contribution is 2.19. The maximum atomic E-state index is 12.4. The molecule has 0 radical (unpaired) electrons. The molecule has 9 heteroatoms. The molecular weight excluding hydrogens is 440 g/mol. The first-order chi connectivity index (χ1) is 15.7. The molecule has 1 atom stereocenters. The van der Waals surface area contributed by atoms with Gasteiger partial charge in [-0.3, -0.25) is 4.79 Å². The lowest BCUT2D eigenvalue weighted by Crippen LogP contribution is -2.35. The lowest BCUT2D eigenvalue weighted by molar-refractivity contribution is -0.111. The van der Waals surface area contributed by atoms with Crippen LogP contribution in [0.3, 0.4) is 0 Å². The molecule has 0 saturated heterocycles. The van der Waals surface area contributed by atoms with Crippen molar-refractivity contribution in [3.63, 3.8) is 0 Å². The van der Waals surface area contributed by atoms with E-state index in [1.54, 1.807) is 25.1 Å². The smallest absolute Gasteiger partial charge is 0.248 e. The zero-order valence-corrected chi connectivity index (χ0v) is 19.9. The zero-order chi connectivity index (χ0) is 24.0. The first-order valence-electron chi connectivity index (χ1n) is 10.4. The second kappa shape index (κ2) is 10.6. The van der Waals surface area contributed by atoms with Gasteiger partial charge in [-0.05, 0) is 63.2 Å². The Labute approximate surface area is 194 Å². The molecule has 3 aromatic rings. The molecule has 0 aliphatic heterocycles. The molecule has 0 fully saturated rings. The van der Waals surface area contributed by atoms with Crippen LogP contribution in [0.1, 0.15) is 23.9 Å². The number of hydrogen-bond acceptors (Lipinski definition) is 5. The van der Waals surface area contributed by atoms with E-state index in [1.807, 2.05) is 48.9 Å². The third-order valence-electron chi connectivity index (χ3n) is 4.95. The lowest BCUT2D eigenvalue weighted by atomic mass is 10.2. The number of aromatic nitrogens is 2. The van der Waals surface area contributed by atoms with Crippen LogP contribution in [0.5, 0.6) is 0 Å². The number of nitrogens with one attached hydrogen (secondary N) is 2. The number of nitrogens with zero attached hydrogens (tertiary/aromatic N) is 2. The average Bonchev–Trinajstić information content (AvgIpc) is 3.06. The number of sulfonamides is 1. The monoisotopic (exact) mass is 468 g/mol. The number of amides is 1. The molecule has 33 heavy (non-hydrogen) atoms. The van der Waals surface area contributed by atoms with Crippen LogP contribution in [-0.4, -0.2) is 43.9 Å². The maximum absolute atomic E-state index is 12.4. The van der Waals surface area contributed by atoms with Crippen molar-refractivity contribution in [3.8, 4) is 5.69 Å². The van der Waals surface area contributed by atoms with Crippen molar-refractivity contribution in [2.45, 2.75) is 31.7 Å². The Kier molecular flexibility index (Phi) is 7.80. The molecule has 1 heterocycles. The fourth-order valence-electron chi connectivity index (χ4n) is 3.39. The summed E-state index contributed by atoms with van der Waals surface area (Å²) in [7, 11) is -2.16. The number of para-hydroxylation sites is 1. The van der Waals surface area contributed by atoms with Gasteiger partial charge >= 0.3 is 0 Å². The Hall–Kier alpha value is -3.27. The van der Waals surface area contributed by atoms with Crippen LogP contribution < -0.4 is 10.0 Å². The Morgan fingerprint density at radius 3 is 2.42 bits per heavy atom. The number of anilines is 1. The van der Waals surface area contributed by atoms with E-state index in [9.17, 15) is 13.2 Å². The van der Waals surface area contributed by atoms with Crippen molar-refractivity contribution >= 4 is 27.7 Å². The van der Waals surface area contributed by atoms with Crippen molar-refractivity contribution in [2.24, 2.45) is 0 Å². The zero-order valence-electron chi connectivity index (χ0n) is 19.1. The van der Waals surface area contributed by atoms with Crippen molar-refractivity contribution in [1.82, 2.24) is 14.5 Å². The molecule has 0 spiro atoms. The van der Waals surface area contributed by atoms with E-state index in [2.05, 4.69) is 15.1 Å². The SMILES string of the molecule is COCC(C)NS(=O)(=O)c1ccc(NC(=O)/C=C/c2c(C)nn(-c3ccccc3)c2C)cc1. The standard InChI is InChI=1S/C24H28N4O4S/c1-17(16-32-4)27-33(30,31)22-12-10-20(11-13-22)25-24(29)15-14-23-18(2)26-28(19(23)3)21-8-6-5-7-9-21/h5-15,17,27H,16H2,1-4H3,(H,25,29)/b15-14+. The van der Waals surface area contributed by atoms with E-state index in [4.69, 9.17) is 4.74 Å². The summed E-state index contributed by atoms with van der Waals surface area (Å²) in [6.45, 7) is 5.83. The molecule has 3 rings (SSSR count). The first kappa shape index (κ1) is 24.4. The first-order valence-corrected chi connectivity index (χ1v) is 11.9. The molecule has 2 aromatic carbocycles. The second-order valence-electron chi connectivity index (χ2n) is 7.66. The molecule has 8 nitrogen and oxygen atoms in total. The van der Waals surface area contributed by atoms with Gasteiger partial charge in [0.25, 0.3) is 0 Å². The van der Waals surface area contributed by atoms with Gasteiger partial charge in [0.05, 0.1) is 22.9 Å². The summed E-state index contributed by atoms with van der Waals surface area (Å²) >= 11 is 0. The summed E-state index contributed by atoms with van der Waals surface area (Å²) < 4.78 is 34.1. The van der Waals surface area contributed by atoms with Crippen LogP contribution in [0.4, 0.5) is 5.69 Å². The van der Waals surface area contributed by atoms with Gasteiger partial charge < -0.3 is 10.1 Å². The number of benzene rings is 2. The minimum atomic E-state index is -3.67. The molecule has 174 valence electrons. The summed E-state index contributed by atoms with van der Waals surface area (Å²) in [6.07, 6.45) is 3.16. The van der Waals surface area contributed by atoms with Gasteiger partial charge in [-0.2, -0.15) is 5.10 Å². The van der Waals surface area contributed by atoms with E-state index in [1.165, 1.54) is 25.3 Å². The average molecular weight is 469 g/mol.